The summed E-state index contributed by atoms with van der Waals surface area (Å²) in [7, 11) is 0. The van der Waals surface area contributed by atoms with Gasteiger partial charge in [-0.15, -0.1) is 0 Å². The first-order chi connectivity index (χ1) is 9.52. The van der Waals surface area contributed by atoms with Crippen molar-refractivity contribution in [2.45, 2.75) is 26.8 Å². The quantitative estimate of drug-likeness (QED) is 0.705. The van der Waals surface area contributed by atoms with Gasteiger partial charge in [-0.1, -0.05) is 19.1 Å². The maximum absolute atomic E-state index is 11.6. The van der Waals surface area contributed by atoms with Crippen molar-refractivity contribution in [2.24, 2.45) is 0 Å². The number of hydrogen-bond donors (Lipinski definition) is 2. The lowest BCUT2D eigenvalue weighted by Crippen LogP contribution is -2.40. The molecule has 0 unspecified atom stereocenters. The maximum atomic E-state index is 11.6. The second kappa shape index (κ2) is 8.32. The van der Waals surface area contributed by atoms with E-state index in [0.717, 1.165) is 6.54 Å². The van der Waals surface area contributed by atoms with Crippen molar-refractivity contribution in [3.63, 3.8) is 0 Å². The Labute approximate surface area is 119 Å². The average molecular weight is 278 g/mol. The highest BCUT2D eigenvalue weighted by atomic mass is 16.5. The van der Waals surface area contributed by atoms with Gasteiger partial charge >= 0.3 is 0 Å². The van der Waals surface area contributed by atoms with Gasteiger partial charge in [0.25, 0.3) is 5.91 Å². The van der Waals surface area contributed by atoms with Crippen molar-refractivity contribution >= 4 is 11.7 Å². The third-order valence-electron chi connectivity index (χ3n) is 2.77. The summed E-state index contributed by atoms with van der Waals surface area (Å²) in [5, 5.41) is 5.98. The van der Waals surface area contributed by atoms with Crippen LogP contribution in [0.4, 0.5) is 0 Å². The van der Waals surface area contributed by atoms with E-state index in [1.807, 2.05) is 13.8 Å². The fourth-order valence-corrected chi connectivity index (χ4v) is 1.69. The Morgan fingerprint density at radius 2 is 2.10 bits per heavy atom. The van der Waals surface area contributed by atoms with Crippen LogP contribution in [-0.4, -0.2) is 37.4 Å². The van der Waals surface area contributed by atoms with Gasteiger partial charge in [0.1, 0.15) is 5.75 Å². The minimum Gasteiger partial charge on any atom is -0.484 e. The van der Waals surface area contributed by atoms with Crippen LogP contribution in [0.25, 0.3) is 0 Å². The minimum absolute atomic E-state index is 0.0284. The molecule has 5 heteroatoms. The molecule has 0 aliphatic rings. The third kappa shape index (κ3) is 5.84. The number of likely N-dealkylation sites (N-methyl/N-ethyl adjacent to an activating group) is 1. The first-order valence-electron chi connectivity index (χ1n) is 6.76. The van der Waals surface area contributed by atoms with Crippen LogP contribution in [-0.2, 0) is 4.79 Å². The third-order valence-corrected chi connectivity index (χ3v) is 2.77. The topological polar surface area (TPSA) is 67.4 Å². The summed E-state index contributed by atoms with van der Waals surface area (Å²) in [6.07, 6.45) is 0. The lowest BCUT2D eigenvalue weighted by Gasteiger charge is -2.13. The first-order valence-corrected chi connectivity index (χ1v) is 6.76. The summed E-state index contributed by atoms with van der Waals surface area (Å²) in [6.45, 7) is 6.88. The average Bonchev–Trinajstić information content (AvgIpc) is 2.43. The Morgan fingerprint density at radius 3 is 2.75 bits per heavy atom. The summed E-state index contributed by atoms with van der Waals surface area (Å²) in [5.41, 5.74) is 0.573. The molecule has 0 spiro atoms. The smallest absolute Gasteiger partial charge is 0.257 e. The van der Waals surface area contributed by atoms with Gasteiger partial charge in [-0.25, -0.2) is 0 Å². The highest BCUT2D eigenvalue weighted by molar-refractivity contribution is 5.94. The molecule has 1 amide bonds. The van der Waals surface area contributed by atoms with Crippen molar-refractivity contribution in [1.82, 2.24) is 10.6 Å². The highest BCUT2D eigenvalue weighted by Gasteiger charge is 2.06. The number of amides is 1. The molecular formula is C15H22N2O3. The molecule has 0 aromatic heterocycles. The van der Waals surface area contributed by atoms with Crippen molar-refractivity contribution in [2.75, 3.05) is 19.7 Å². The molecule has 0 bridgehead atoms. The van der Waals surface area contributed by atoms with E-state index in [1.54, 1.807) is 24.3 Å². The maximum Gasteiger partial charge on any atom is 0.257 e. The van der Waals surface area contributed by atoms with E-state index in [1.165, 1.54) is 6.92 Å². The lowest BCUT2D eigenvalue weighted by molar-refractivity contribution is -0.123. The van der Waals surface area contributed by atoms with E-state index < -0.39 is 0 Å². The molecule has 0 saturated heterocycles. The molecule has 5 nitrogen and oxygen atoms in total. The van der Waals surface area contributed by atoms with Crippen LogP contribution in [0.3, 0.4) is 0 Å². The molecular weight excluding hydrogens is 256 g/mol. The zero-order valence-electron chi connectivity index (χ0n) is 12.2. The zero-order chi connectivity index (χ0) is 15.0. The van der Waals surface area contributed by atoms with Crippen molar-refractivity contribution in [3.05, 3.63) is 29.8 Å². The summed E-state index contributed by atoms with van der Waals surface area (Å²) in [5.74, 6) is 0.315. The highest BCUT2D eigenvalue weighted by Crippen LogP contribution is 2.13. The van der Waals surface area contributed by atoms with Gasteiger partial charge in [-0.2, -0.15) is 0 Å². The summed E-state index contributed by atoms with van der Waals surface area (Å²) in [4.78, 5) is 22.8. The van der Waals surface area contributed by atoms with Gasteiger partial charge < -0.3 is 15.4 Å². The molecule has 0 fully saturated rings. The van der Waals surface area contributed by atoms with Gasteiger partial charge in [0.2, 0.25) is 0 Å². The fourth-order valence-electron chi connectivity index (χ4n) is 1.69. The second-order valence-corrected chi connectivity index (χ2v) is 4.64. The number of ether oxygens (including phenoxy) is 1. The van der Waals surface area contributed by atoms with E-state index >= 15 is 0 Å². The van der Waals surface area contributed by atoms with E-state index in [-0.39, 0.29) is 24.3 Å². The Balaban J connectivity index is 2.37. The Hall–Kier alpha value is -1.88. The van der Waals surface area contributed by atoms with Gasteiger partial charge in [-0.05, 0) is 32.5 Å². The summed E-state index contributed by atoms with van der Waals surface area (Å²) in [6, 6.07) is 7.03. The van der Waals surface area contributed by atoms with Gasteiger partial charge in [0.15, 0.2) is 12.4 Å². The molecule has 0 saturated carbocycles. The van der Waals surface area contributed by atoms with Crippen LogP contribution in [0.5, 0.6) is 5.75 Å². The standard InChI is InChI=1S/C15H22N2O3/c1-4-16-11(2)9-17-15(19)10-20-14-7-5-6-13(8-14)12(3)18/h5-8,11,16H,4,9-10H2,1-3H3,(H,17,19)/t11-/m1/s1. The predicted molar refractivity (Wildman–Crippen MR) is 78.1 cm³/mol. The molecule has 1 atom stereocenters. The van der Waals surface area contributed by atoms with Crippen LogP contribution >= 0.6 is 0 Å². The molecule has 20 heavy (non-hydrogen) atoms. The monoisotopic (exact) mass is 278 g/mol. The van der Waals surface area contributed by atoms with E-state index in [9.17, 15) is 9.59 Å². The van der Waals surface area contributed by atoms with Crippen molar-refractivity contribution in [1.29, 1.82) is 0 Å². The minimum atomic E-state index is -0.178. The number of rotatable bonds is 8. The number of carbonyl (C=O) groups excluding carboxylic acids is 2. The van der Waals surface area contributed by atoms with Crippen LogP contribution in [0, 0.1) is 0 Å². The number of carbonyl (C=O) groups is 2. The lowest BCUT2D eigenvalue weighted by atomic mass is 10.1. The SMILES string of the molecule is CCN[C@H](C)CNC(=O)COc1cccc(C(C)=O)c1. The number of benzene rings is 1. The Kier molecular flexibility index (Phi) is 6.73. The first kappa shape index (κ1) is 16.2. The van der Waals surface area contributed by atoms with Gasteiger partial charge in [0, 0.05) is 18.2 Å². The van der Waals surface area contributed by atoms with Gasteiger partial charge in [-0.3, -0.25) is 9.59 Å². The second-order valence-electron chi connectivity index (χ2n) is 4.64. The number of ketones is 1. The van der Waals surface area contributed by atoms with Gasteiger partial charge in [0.05, 0.1) is 0 Å². The van der Waals surface area contributed by atoms with Crippen LogP contribution < -0.4 is 15.4 Å². The van der Waals surface area contributed by atoms with Crippen molar-refractivity contribution in [3.8, 4) is 5.75 Å². The number of nitrogens with one attached hydrogen (secondary N) is 2. The van der Waals surface area contributed by atoms with Crippen LogP contribution in [0.15, 0.2) is 24.3 Å². The van der Waals surface area contributed by atoms with Crippen molar-refractivity contribution < 1.29 is 14.3 Å². The normalized spacial score (nSPS) is 11.8. The summed E-state index contributed by atoms with van der Waals surface area (Å²) < 4.78 is 5.37. The zero-order valence-corrected chi connectivity index (χ0v) is 12.2. The molecule has 1 aromatic rings. The predicted octanol–water partition coefficient (Wildman–Crippen LogP) is 1.38. The number of hydrogen-bond acceptors (Lipinski definition) is 4. The molecule has 0 heterocycles. The van der Waals surface area contributed by atoms with Crippen LogP contribution in [0.2, 0.25) is 0 Å². The fraction of sp³-hybridized carbons (Fsp3) is 0.467. The molecule has 1 aromatic carbocycles. The van der Waals surface area contributed by atoms with E-state index in [2.05, 4.69) is 10.6 Å². The molecule has 2 N–H and O–H groups in total. The Bertz CT molecular complexity index is 460. The largest absolute Gasteiger partial charge is 0.484 e. The Morgan fingerprint density at radius 1 is 1.35 bits per heavy atom. The molecule has 0 radical (unpaired) electrons. The molecule has 0 aliphatic carbocycles. The number of Topliss-reactive ketones (excluding diaryl/α,β-unsaturated/α-hetero) is 1. The molecule has 110 valence electrons. The summed E-state index contributed by atoms with van der Waals surface area (Å²) >= 11 is 0. The molecule has 1 rings (SSSR count). The molecule has 0 aliphatic heterocycles. The van der Waals surface area contributed by atoms with E-state index in [4.69, 9.17) is 4.74 Å². The van der Waals surface area contributed by atoms with Crippen LogP contribution in [0.1, 0.15) is 31.1 Å². The van der Waals surface area contributed by atoms with E-state index in [0.29, 0.717) is 17.9 Å².